The predicted octanol–water partition coefficient (Wildman–Crippen LogP) is 3.62. The average Bonchev–Trinajstić information content (AvgIpc) is 3.41. The number of benzene rings is 2. The fraction of sp³-hybridized carbons (Fsp3) is 0.364. The number of aryl methyl sites for hydroxylation is 2. The SMILES string of the molecule is Cc1cc(C)cc(C2(C(=O)N3CCc4ccc(C(=O)O)cc4C3)CC2)c1. The minimum atomic E-state index is -0.926. The third-order valence-corrected chi connectivity index (χ3v) is 5.69. The van der Waals surface area contributed by atoms with Crippen LogP contribution in [0.2, 0.25) is 0 Å². The van der Waals surface area contributed by atoms with Crippen molar-refractivity contribution in [2.24, 2.45) is 0 Å². The number of aromatic carboxylic acids is 1. The van der Waals surface area contributed by atoms with Crippen molar-refractivity contribution in [3.63, 3.8) is 0 Å². The maximum atomic E-state index is 13.3. The van der Waals surface area contributed by atoms with Crippen molar-refractivity contribution in [2.45, 2.75) is 45.1 Å². The second-order valence-electron chi connectivity index (χ2n) is 7.72. The molecular weight excluding hydrogens is 326 g/mol. The first kappa shape index (κ1) is 16.8. The summed E-state index contributed by atoms with van der Waals surface area (Å²) >= 11 is 0. The van der Waals surface area contributed by atoms with Crippen molar-refractivity contribution < 1.29 is 14.7 Å². The van der Waals surface area contributed by atoms with Gasteiger partial charge in [-0.15, -0.1) is 0 Å². The highest BCUT2D eigenvalue weighted by atomic mass is 16.4. The van der Waals surface area contributed by atoms with Gasteiger partial charge in [0.05, 0.1) is 11.0 Å². The molecule has 4 rings (SSSR count). The van der Waals surface area contributed by atoms with Crippen molar-refractivity contribution in [1.29, 1.82) is 0 Å². The molecule has 0 aromatic heterocycles. The van der Waals surface area contributed by atoms with Crippen LogP contribution in [0.3, 0.4) is 0 Å². The molecule has 0 unspecified atom stereocenters. The Morgan fingerprint density at radius 2 is 1.69 bits per heavy atom. The molecular formula is C22H23NO3. The lowest BCUT2D eigenvalue weighted by atomic mass is 9.90. The predicted molar refractivity (Wildman–Crippen MR) is 99.4 cm³/mol. The Hall–Kier alpha value is -2.62. The Balaban J connectivity index is 1.61. The average molecular weight is 349 g/mol. The van der Waals surface area contributed by atoms with Gasteiger partial charge in [0.2, 0.25) is 5.91 Å². The van der Waals surface area contributed by atoms with E-state index >= 15 is 0 Å². The van der Waals surface area contributed by atoms with Crippen molar-refractivity contribution in [2.75, 3.05) is 6.54 Å². The standard InChI is InChI=1S/C22H23NO3/c1-14-9-15(2)11-19(10-14)22(6-7-22)21(26)23-8-5-16-3-4-17(20(24)25)12-18(16)13-23/h3-4,9-12H,5-8,13H2,1-2H3,(H,24,25). The first-order valence-electron chi connectivity index (χ1n) is 9.12. The highest BCUT2D eigenvalue weighted by Gasteiger charge is 2.53. The molecule has 0 radical (unpaired) electrons. The Morgan fingerprint density at radius 1 is 1.00 bits per heavy atom. The van der Waals surface area contributed by atoms with Crippen LogP contribution in [0.25, 0.3) is 0 Å². The van der Waals surface area contributed by atoms with Crippen LogP contribution in [0, 0.1) is 13.8 Å². The van der Waals surface area contributed by atoms with Crippen LogP contribution in [0.15, 0.2) is 36.4 Å². The van der Waals surface area contributed by atoms with Gasteiger partial charge >= 0.3 is 5.97 Å². The van der Waals surface area contributed by atoms with Crippen LogP contribution in [0.5, 0.6) is 0 Å². The van der Waals surface area contributed by atoms with Crippen molar-refractivity contribution in [1.82, 2.24) is 4.90 Å². The lowest BCUT2D eigenvalue weighted by Crippen LogP contribution is -2.42. The fourth-order valence-electron chi connectivity index (χ4n) is 4.17. The topological polar surface area (TPSA) is 57.6 Å². The first-order valence-corrected chi connectivity index (χ1v) is 9.12. The number of nitrogens with zero attached hydrogens (tertiary/aromatic N) is 1. The molecule has 2 aromatic rings. The van der Waals surface area contributed by atoms with E-state index in [2.05, 4.69) is 32.0 Å². The summed E-state index contributed by atoms with van der Waals surface area (Å²) in [6, 6.07) is 11.7. The molecule has 2 aromatic carbocycles. The van der Waals surface area contributed by atoms with Crippen molar-refractivity contribution in [3.8, 4) is 0 Å². The lowest BCUT2D eigenvalue weighted by molar-refractivity contribution is -0.134. The molecule has 1 aliphatic heterocycles. The zero-order chi connectivity index (χ0) is 18.5. The molecule has 134 valence electrons. The molecule has 2 aliphatic rings. The molecule has 0 atom stereocenters. The Morgan fingerprint density at radius 3 is 2.31 bits per heavy atom. The summed E-state index contributed by atoms with van der Waals surface area (Å²) in [5.41, 5.74) is 5.52. The van der Waals surface area contributed by atoms with E-state index < -0.39 is 5.97 Å². The monoisotopic (exact) mass is 349 g/mol. The van der Waals surface area contributed by atoms with Gasteiger partial charge in [-0.2, -0.15) is 0 Å². The minimum Gasteiger partial charge on any atom is -0.478 e. The number of carboxylic acid groups (broad SMARTS) is 1. The summed E-state index contributed by atoms with van der Waals surface area (Å²) in [7, 11) is 0. The van der Waals surface area contributed by atoms with Gasteiger partial charge in [0.25, 0.3) is 0 Å². The number of hydrogen-bond donors (Lipinski definition) is 1. The highest BCUT2D eigenvalue weighted by molar-refractivity contribution is 5.92. The van der Waals surface area contributed by atoms with Crippen LogP contribution >= 0.6 is 0 Å². The van der Waals surface area contributed by atoms with Crippen LogP contribution in [0.4, 0.5) is 0 Å². The molecule has 0 spiro atoms. The summed E-state index contributed by atoms with van der Waals surface area (Å²) in [6.45, 7) is 5.34. The van der Waals surface area contributed by atoms with Gasteiger partial charge in [-0.25, -0.2) is 4.79 Å². The smallest absolute Gasteiger partial charge is 0.335 e. The summed E-state index contributed by atoms with van der Waals surface area (Å²) in [5, 5.41) is 9.22. The molecule has 1 amide bonds. The van der Waals surface area contributed by atoms with Gasteiger partial charge in [-0.3, -0.25) is 4.79 Å². The van der Waals surface area contributed by atoms with E-state index in [1.54, 1.807) is 12.1 Å². The minimum absolute atomic E-state index is 0.189. The van der Waals surface area contributed by atoms with E-state index in [9.17, 15) is 14.7 Å². The third-order valence-electron chi connectivity index (χ3n) is 5.69. The number of carboxylic acids is 1. The molecule has 4 heteroatoms. The summed E-state index contributed by atoms with van der Waals surface area (Å²) in [5.74, 6) is -0.737. The Labute approximate surface area is 153 Å². The molecule has 4 nitrogen and oxygen atoms in total. The number of carbonyl (C=O) groups is 2. The van der Waals surface area contributed by atoms with Gasteiger partial charge in [-0.05, 0) is 61.9 Å². The van der Waals surface area contributed by atoms with Gasteiger partial charge in [0.1, 0.15) is 0 Å². The quantitative estimate of drug-likeness (QED) is 0.921. The number of rotatable bonds is 3. The molecule has 26 heavy (non-hydrogen) atoms. The lowest BCUT2D eigenvalue weighted by Gasteiger charge is -2.32. The van der Waals surface area contributed by atoms with Crippen molar-refractivity contribution in [3.05, 3.63) is 69.8 Å². The second kappa shape index (κ2) is 5.97. The molecule has 1 fully saturated rings. The molecule has 1 aliphatic carbocycles. The van der Waals surface area contributed by atoms with Crippen LogP contribution in [-0.2, 0) is 23.2 Å². The largest absolute Gasteiger partial charge is 0.478 e. The highest BCUT2D eigenvalue weighted by Crippen LogP contribution is 2.50. The van der Waals surface area contributed by atoms with Crippen LogP contribution < -0.4 is 0 Å². The summed E-state index contributed by atoms with van der Waals surface area (Å²) in [6.07, 6.45) is 2.57. The molecule has 0 bridgehead atoms. The van der Waals surface area contributed by atoms with Crippen LogP contribution in [0.1, 0.15) is 51.0 Å². The van der Waals surface area contributed by atoms with Gasteiger partial charge in [-0.1, -0.05) is 35.4 Å². The van der Waals surface area contributed by atoms with Crippen molar-refractivity contribution >= 4 is 11.9 Å². The van der Waals surface area contributed by atoms with E-state index in [0.717, 1.165) is 36.0 Å². The zero-order valence-corrected chi connectivity index (χ0v) is 15.2. The van der Waals surface area contributed by atoms with E-state index in [1.807, 2.05) is 11.0 Å². The van der Waals surface area contributed by atoms with E-state index in [0.29, 0.717) is 13.1 Å². The fourth-order valence-corrected chi connectivity index (χ4v) is 4.17. The molecule has 1 N–H and O–H groups in total. The van der Waals surface area contributed by atoms with Crippen LogP contribution in [-0.4, -0.2) is 28.4 Å². The number of hydrogen-bond acceptors (Lipinski definition) is 2. The number of amides is 1. The van der Waals surface area contributed by atoms with Gasteiger partial charge in [0, 0.05) is 13.1 Å². The second-order valence-corrected chi connectivity index (χ2v) is 7.72. The third kappa shape index (κ3) is 2.79. The maximum absolute atomic E-state index is 13.3. The Bertz CT molecular complexity index is 891. The summed E-state index contributed by atoms with van der Waals surface area (Å²) in [4.78, 5) is 26.5. The number of fused-ring (bicyclic) bond motifs is 1. The molecule has 1 heterocycles. The van der Waals surface area contributed by atoms with Gasteiger partial charge < -0.3 is 10.0 Å². The Kier molecular flexibility index (Phi) is 3.87. The van der Waals surface area contributed by atoms with E-state index in [-0.39, 0.29) is 16.9 Å². The number of carbonyl (C=O) groups excluding carboxylic acids is 1. The maximum Gasteiger partial charge on any atom is 0.335 e. The van der Waals surface area contributed by atoms with E-state index in [1.165, 1.54) is 11.1 Å². The first-order chi connectivity index (χ1) is 12.4. The van der Waals surface area contributed by atoms with E-state index in [4.69, 9.17) is 0 Å². The normalized spacial score (nSPS) is 17.5. The summed E-state index contributed by atoms with van der Waals surface area (Å²) < 4.78 is 0. The van der Waals surface area contributed by atoms with Gasteiger partial charge in [0.15, 0.2) is 0 Å². The zero-order valence-electron chi connectivity index (χ0n) is 15.2. The molecule has 1 saturated carbocycles. The molecule has 0 saturated heterocycles.